The highest BCUT2D eigenvalue weighted by Gasteiger charge is 2.41. The molecule has 0 unspecified atom stereocenters. The van der Waals surface area contributed by atoms with E-state index in [0.29, 0.717) is 12.8 Å². The highest BCUT2D eigenvalue weighted by Crippen LogP contribution is 2.43. The molecule has 2 aliphatic heterocycles. The molecule has 0 amide bonds. The zero-order chi connectivity index (χ0) is 17.8. The summed E-state index contributed by atoms with van der Waals surface area (Å²) in [6.45, 7) is 6.29. The molecule has 2 aliphatic rings. The molecule has 3 heterocycles. The fraction of sp³-hybridized carbons (Fsp3) is 0.579. The average Bonchev–Trinajstić information content (AvgIpc) is 3.06. The molecule has 6 nitrogen and oxygen atoms in total. The van der Waals surface area contributed by atoms with Crippen molar-refractivity contribution in [1.82, 2.24) is 20.3 Å². The second-order valence-electron chi connectivity index (χ2n) is 8.24. The quantitative estimate of drug-likeness (QED) is 0.876. The third-order valence-corrected chi connectivity index (χ3v) is 5.25. The number of rotatable bonds is 2. The van der Waals surface area contributed by atoms with Gasteiger partial charge in [-0.15, -0.1) is 5.10 Å². The van der Waals surface area contributed by atoms with Gasteiger partial charge in [-0.25, -0.2) is 0 Å². The third-order valence-electron chi connectivity index (χ3n) is 5.25. The largest absolute Gasteiger partial charge is 0.487 e. The van der Waals surface area contributed by atoms with Gasteiger partial charge >= 0.3 is 0 Å². The van der Waals surface area contributed by atoms with E-state index in [1.165, 1.54) is 5.56 Å². The third kappa shape index (κ3) is 3.04. The summed E-state index contributed by atoms with van der Waals surface area (Å²) in [7, 11) is 1.86. The summed E-state index contributed by atoms with van der Waals surface area (Å²) in [5.74, 6) is 0.935. The number of aryl methyl sites for hydroxylation is 1. The lowest BCUT2D eigenvalue weighted by Crippen LogP contribution is -2.47. The lowest BCUT2D eigenvalue weighted by atomic mass is 9.77. The van der Waals surface area contributed by atoms with Crippen molar-refractivity contribution in [2.75, 3.05) is 0 Å². The first kappa shape index (κ1) is 16.5. The van der Waals surface area contributed by atoms with Gasteiger partial charge in [-0.3, -0.25) is 4.68 Å². The van der Waals surface area contributed by atoms with Crippen LogP contribution in [0.3, 0.4) is 0 Å². The number of hydrogen-bond donors (Lipinski definition) is 2. The average molecular weight is 342 g/mol. The van der Waals surface area contributed by atoms with Crippen LogP contribution in [0.4, 0.5) is 0 Å². The van der Waals surface area contributed by atoms with E-state index in [1.807, 2.05) is 25.4 Å². The summed E-state index contributed by atoms with van der Waals surface area (Å²) >= 11 is 0. The molecule has 1 aromatic carbocycles. The van der Waals surface area contributed by atoms with Gasteiger partial charge in [-0.1, -0.05) is 11.3 Å². The summed E-state index contributed by atoms with van der Waals surface area (Å²) in [5.41, 5.74) is 1.97. The first-order chi connectivity index (χ1) is 11.7. The van der Waals surface area contributed by atoms with Gasteiger partial charge in [0.1, 0.15) is 11.4 Å². The fourth-order valence-electron chi connectivity index (χ4n) is 4.24. The number of piperidine rings is 1. The molecular weight excluding hydrogens is 316 g/mol. The summed E-state index contributed by atoms with van der Waals surface area (Å²) in [6, 6.07) is 6.30. The Kier molecular flexibility index (Phi) is 3.67. The van der Waals surface area contributed by atoms with Crippen molar-refractivity contribution in [3.63, 3.8) is 0 Å². The molecule has 0 spiro atoms. The summed E-state index contributed by atoms with van der Waals surface area (Å²) in [6.07, 6.45) is 4.04. The molecule has 0 saturated carbocycles. The Morgan fingerprint density at radius 2 is 2.12 bits per heavy atom. The van der Waals surface area contributed by atoms with E-state index in [2.05, 4.69) is 42.5 Å². The molecule has 0 bridgehead atoms. The Morgan fingerprint density at radius 1 is 1.32 bits per heavy atom. The van der Waals surface area contributed by atoms with Gasteiger partial charge in [0.15, 0.2) is 0 Å². The molecular formula is C19H26N4O2. The Bertz CT molecular complexity index is 800. The van der Waals surface area contributed by atoms with Crippen molar-refractivity contribution in [1.29, 1.82) is 0 Å². The predicted octanol–water partition coefficient (Wildman–Crippen LogP) is 2.23. The Labute approximate surface area is 148 Å². The van der Waals surface area contributed by atoms with Crippen LogP contribution in [0.2, 0.25) is 0 Å². The van der Waals surface area contributed by atoms with E-state index < -0.39 is 5.60 Å². The molecule has 6 heteroatoms. The number of ether oxygens (including phenoxy) is 1. The number of nitrogens with zero attached hydrogens (tertiary/aromatic N) is 3. The van der Waals surface area contributed by atoms with Crippen LogP contribution in [0.15, 0.2) is 24.4 Å². The van der Waals surface area contributed by atoms with Crippen LogP contribution in [0, 0.1) is 0 Å². The first-order valence-electron chi connectivity index (χ1n) is 8.91. The van der Waals surface area contributed by atoms with Gasteiger partial charge in [0.2, 0.25) is 0 Å². The SMILES string of the molecule is C[C@H]1C[C@@](O)(c2ccc3c(c2)CC(C)(C)O3)C[C@@H](c2cn(C)nn2)N1. The molecule has 4 rings (SSSR count). The topological polar surface area (TPSA) is 72.2 Å². The molecule has 25 heavy (non-hydrogen) atoms. The number of fused-ring (bicyclic) bond motifs is 1. The second-order valence-corrected chi connectivity index (χ2v) is 8.24. The zero-order valence-corrected chi connectivity index (χ0v) is 15.3. The number of nitrogens with one attached hydrogen (secondary N) is 1. The van der Waals surface area contributed by atoms with Gasteiger partial charge in [0, 0.05) is 32.1 Å². The second kappa shape index (κ2) is 5.54. The lowest BCUT2D eigenvalue weighted by Gasteiger charge is -2.41. The number of hydrogen-bond acceptors (Lipinski definition) is 5. The Hall–Kier alpha value is -1.92. The standard InChI is InChI=1S/C19H26N4O2/c1-12-8-19(24,10-15(20-12)16-11-23(4)22-21-16)14-5-6-17-13(7-14)9-18(2,3)25-17/h5-7,11-12,15,20,24H,8-10H2,1-4H3/t12-,15-,19-/m0/s1. The Morgan fingerprint density at radius 3 is 2.84 bits per heavy atom. The van der Waals surface area contributed by atoms with Gasteiger partial charge in [-0.05, 0) is 50.5 Å². The van der Waals surface area contributed by atoms with Crippen LogP contribution in [-0.4, -0.2) is 31.7 Å². The maximum absolute atomic E-state index is 11.5. The van der Waals surface area contributed by atoms with Crippen molar-refractivity contribution in [2.45, 2.75) is 63.3 Å². The van der Waals surface area contributed by atoms with Crippen LogP contribution in [0.25, 0.3) is 0 Å². The van der Waals surface area contributed by atoms with Gasteiger partial charge in [0.05, 0.1) is 17.3 Å². The lowest BCUT2D eigenvalue weighted by molar-refractivity contribution is -0.0236. The normalized spacial score (nSPS) is 30.8. The molecule has 0 radical (unpaired) electrons. The molecule has 2 aromatic rings. The zero-order valence-electron chi connectivity index (χ0n) is 15.3. The van der Waals surface area contributed by atoms with Crippen LogP contribution in [-0.2, 0) is 19.1 Å². The molecule has 134 valence electrons. The van der Waals surface area contributed by atoms with Crippen molar-refractivity contribution in [3.05, 3.63) is 41.2 Å². The number of aromatic nitrogens is 3. The first-order valence-corrected chi connectivity index (χ1v) is 8.91. The van der Waals surface area contributed by atoms with Gasteiger partial charge in [0.25, 0.3) is 0 Å². The summed E-state index contributed by atoms with van der Waals surface area (Å²) < 4.78 is 7.67. The highest BCUT2D eigenvalue weighted by molar-refractivity contribution is 5.43. The van der Waals surface area contributed by atoms with E-state index in [9.17, 15) is 5.11 Å². The van der Waals surface area contributed by atoms with Crippen LogP contribution >= 0.6 is 0 Å². The fourth-order valence-corrected chi connectivity index (χ4v) is 4.24. The van der Waals surface area contributed by atoms with Crippen LogP contribution < -0.4 is 10.1 Å². The van der Waals surface area contributed by atoms with E-state index >= 15 is 0 Å². The van der Waals surface area contributed by atoms with Crippen molar-refractivity contribution in [2.24, 2.45) is 7.05 Å². The minimum atomic E-state index is -0.880. The number of aliphatic hydroxyl groups is 1. The maximum atomic E-state index is 11.5. The monoisotopic (exact) mass is 342 g/mol. The van der Waals surface area contributed by atoms with Crippen molar-refractivity contribution >= 4 is 0 Å². The van der Waals surface area contributed by atoms with Crippen molar-refractivity contribution < 1.29 is 9.84 Å². The summed E-state index contributed by atoms with van der Waals surface area (Å²) in [4.78, 5) is 0. The Balaban J connectivity index is 1.65. The van der Waals surface area contributed by atoms with E-state index in [4.69, 9.17) is 4.74 Å². The van der Waals surface area contributed by atoms with E-state index in [0.717, 1.165) is 23.4 Å². The van der Waals surface area contributed by atoms with Crippen LogP contribution in [0.5, 0.6) is 5.75 Å². The maximum Gasteiger partial charge on any atom is 0.123 e. The minimum absolute atomic E-state index is 0.0107. The van der Waals surface area contributed by atoms with Gasteiger partial charge < -0.3 is 15.2 Å². The molecule has 1 saturated heterocycles. The molecule has 2 N–H and O–H groups in total. The highest BCUT2D eigenvalue weighted by atomic mass is 16.5. The molecule has 1 fully saturated rings. The minimum Gasteiger partial charge on any atom is -0.487 e. The molecule has 3 atom stereocenters. The smallest absolute Gasteiger partial charge is 0.123 e. The van der Waals surface area contributed by atoms with E-state index in [-0.39, 0.29) is 17.7 Å². The summed E-state index contributed by atoms with van der Waals surface area (Å²) in [5, 5.41) is 23.3. The molecule has 0 aliphatic carbocycles. The predicted molar refractivity (Wildman–Crippen MR) is 94.3 cm³/mol. The van der Waals surface area contributed by atoms with Crippen LogP contribution in [0.1, 0.15) is 56.5 Å². The van der Waals surface area contributed by atoms with Gasteiger partial charge in [-0.2, -0.15) is 0 Å². The van der Waals surface area contributed by atoms with E-state index in [1.54, 1.807) is 4.68 Å². The number of benzene rings is 1. The van der Waals surface area contributed by atoms with Crippen molar-refractivity contribution in [3.8, 4) is 5.75 Å². The molecule has 1 aromatic heterocycles.